The van der Waals surface area contributed by atoms with Gasteiger partial charge in [-0.25, -0.2) is 0 Å². The zero-order valence-electron chi connectivity index (χ0n) is 9.59. The highest BCUT2D eigenvalue weighted by molar-refractivity contribution is 5.69. The first-order valence-electron chi connectivity index (χ1n) is 5.63. The minimum atomic E-state index is 0.876. The van der Waals surface area contributed by atoms with Crippen LogP contribution in [0.15, 0.2) is 52.8 Å². The van der Waals surface area contributed by atoms with E-state index in [1.165, 1.54) is 16.7 Å². The highest BCUT2D eigenvalue weighted by Gasteiger charge is 2.16. The molecule has 3 rings (SSSR count). The molecule has 1 aliphatic heterocycles. The van der Waals surface area contributed by atoms with Crippen LogP contribution >= 0.6 is 0 Å². The van der Waals surface area contributed by atoms with Crippen molar-refractivity contribution in [3.8, 4) is 0 Å². The van der Waals surface area contributed by atoms with Gasteiger partial charge in [-0.05, 0) is 41.3 Å². The van der Waals surface area contributed by atoms with Crippen LogP contribution in [0, 0.1) is 6.92 Å². The van der Waals surface area contributed by atoms with Gasteiger partial charge < -0.3 is 0 Å². The summed E-state index contributed by atoms with van der Waals surface area (Å²) in [5.41, 5.74) is 9.55. The zero-order chi connectivity index (χ0) is 11.7. The van der Waals surface area contributed by atoms with E-state index in [0.29, 0.717) is 0 Å². The van der Waals surface area contributed by atoms with Gasteiger partial charge in [-0.3, -0.25) is 0 Å². The smallest absolute Gasteiger partial charge is 0.119 e. The molecule has 1 aliphatic rings. The van der Waals surface area contributed by atoms with E-state index >= 15 is 0 Å². The van der Waals surface area contributed by atoms with Crippen molar-refractivity contribution in [2.24, 2.45) is 10.3 Å². The summed E-state index contributed by atoms with van der Waals surface area (Å²) in [7, 11) is 0. The summed E-state index contributed by atoms with van der Waals surface area (Å²) in [6, 6.07) is 14.4. The quantitative estimate of drug-likeness (QED) is 0.740. The molecule has 83 valence electrons. The molecule has 0 atom stereocenters. The fraction of sp³-hybridized carbons (Fsp3) is 0.143. The number of rotatable bonds is 2. The van der Waals surface area contributed by atoms with Crippen LogP contribution in [0.2, 0.25) is 0 Å². The van der Waals surface area contributed by atoms with Gasteiger partial charge in [0.25, 0.3) is 0 Å². The molecule has 2 aromatic rings. The predicted octanol–water partition coefficient (Wildman–Crippen LogP) is 3.83. The maximum Gasteiger partial charge on any atom is 0.119 e. The van der Waals surface area contributed by atoms with Crippen molar-refractivity contribution in [1.82, 2.24) is 5.43 Å². The van der Waals surface area contributed by atoms with Crippen molar-refractivity contribution < 1.29 is 0 Å². The van der Waals surface area contributed by atoms with Crippen LogP contribution in [0.5, 0.6) is 0 Å². The molecule has 1 heterocycles. The number of fused-ring (bicyclic) bond motifs is 1. The highest BCUT2D eigenvalue weighted by atomic mass is 15.5. The third-order valence-corrected chi connectivity index (χ3v) is 3.02. The minimum Gasteiger partial charge on any atom is -0.128 e. The van der Waals surface area contributed by atoms with E-state index in [1.54, 1.807) is 0 Å². The van der Waals surface area contributed by atoms with E-state index in [1.807, 2.05) is 12.1 Å². The van der Waals surface area contributed by atoms with E-state index in [9.17, 15) is 0 Å². The summed E-state index contributed by atoms with van der Waals surface area (Å²) in [6.07, 6.45) is 0.879. The third-order valence-electron chi connectivity index (χ3n) is 3.02. The van der Waals surface area contributed by atoms with Crippen LogP contribution in [0.4, 0.5) is 11.4 Å². The largest absolute Gasteiger partial charge is 0.128 e. The van der Waals surface area contributed by atoms with Crippen LogP contribution in [0.1, 0.15) is 16.7 Å². The maximum atomic E-state index is 4.11. The Morgan fingerprint density at radius 3 is 2.65 bits per heavy atom. The van der Waals surface area contributed by atoms with Crippen molar-refractivity contribution in [2.45, 2.75) is 13.3 Å². The summed E-state index contributed by atoms with van der Waals surface area (Å²) in [4.78, 5) is 0. The normalized spacial score (nSPS) is 12.3. The molecule has 0 spiro atoms. The first kappa shape index (κ1) is 10.0. The van der Waals surface area contributed by atoms with Crippen LogP contribution in [0.3, 0.4) is 0 Å². The van der Waals surface area contributed by atoms with Crippen molar-refractivity contribution in [3.63, 3.8) is 0 Å². The summed E-state index contributed by atoms with van der Waals surface area (Å²) in [5.74, 6) is 0. The summed E-state index contributed by atoms with van der Waals surface area (Å²) in [5, 5.41) is 7.86. The number of hydrogen-bond donors (Lipinski definition) is 0. The Morgan fingerprint density at radius 2 is 1.82 bits per heavy atom. The second kappa shape index (κ2) is 4.01. The number of nitrogens with zero attached hydrogens (tertiary/aromatic N) is 3. The van der Waals surface area contributed by atoms with Crippen molar-refractivity contribution in [1.29, 1.82) is 0 Å². The number of benzene rings is 2. The fourth-order valence-electron chi connectivity index (χ4n) is 2.06. The van der Waals surface area contributed by atoms with Gasteiger partial charge in [0, 0.05) is 0 Å². The lowest BCUT2D eigenvalue weighted by Crippen LogP contribution is -1.93. The molecule has 3 nitrogen and oxygen atoms in total. The Labute approximate surface area is 100 Å². The van der Waals surface area contributed by atoms with Crippen LogP contribution < -0.4 is 5.43 Å². The van der Waals surface area contributed by atoms with Gasteiger partial charge in [0.1, 0.15) is 11.4 Å². The molecular weight excluding hydrogens is 210 g/mol. The Balaban J connectivity index is 2.04. The van der Waals surface area contributed by atoms with E-state index < -0.39 is 0 Å². The molecule has 0 saturated heterocycles. The topological polar surface area (TPSA) is 38.8 Å². The first-order chi connectivity index (χ1) is 8.34. The van der Waals surface area contributed by atoms with Crippen LogP contribution in [-0.4, -0.2) is 0 Å². The van der Waals surface area contributed by atoms with Gasteiger partial charge in [-0.1, -0.05) is 36.4 Å². The summed E-state index contributed by atoms with van der Waals surface area (Å²) >= 11 is 0. The van der Waals surface area contributed by atoms with Crippen molar-refractivity contribution >= 4 is 11.4 Å². The Morgan fingerprint density at radius 1 is 1.00 bits per heavy atom. The van der Waals surface area contributed by atoms with Crippen molar-refractivity contribution in [2.75, 3.05) is 0 Å². The Kier molecular flexibility index (Phi) is 2.37. The highest BCUT2D eigenvalue weighted by Crippen LogP contribution is 2.37. The predicted molar refractivity (Wildman–Crippen MR) is 66.7 cm³/mol. The van der Waals surface area contributed by atoms with E-state index in [2.05, 4.69) is 53.0 Å². The first-order valence-corrected chi connectivity index (χ1v) is 5.63. The van der Waals surface area contributed by atoms with Gasteiger partial charge >= 0.3 is 0 Å². The van der Waals surface area contributed by atoms with Gasteiger partial charge in [0.15, 0.2) is 0 Å². The molecule has 0 fully saturated rings. The molecule has 2 aromatic carbocycles. The lowest BCUT2D eigenvalue weighted by molar-refractivity contribution is 0.923. The molecule has 0 unspecified atom stereocenters. The molecule has 0 aliphatic carbocycles. The number of aryl methyl sites for hydroxylation is 1. The van der Waals surface area contributed by atoms with Gasteiger partial charge in [0.2, 0.25) is 0 Å². The summed E-state index contributed by atoms with van der Waals surface area (Å²) in [6.45, 7) is 2.10. The molecule has 0 N–H and O–H groups in total. The molecule has 17 heavy (non-hydrogen) atoms. The van der Waals surface area contributed by atoms with Gasteiger partial charge in [-0.15, -0.1) is 10.5 Å². The fourth-order valence-corrected chi connectivity index (χ4v) is 2.06. The molecule has 0 aromatic heterocycles. The zero-order valence-corrected chi connectivity index (χ0v) is 9.59. The van der Waals surface area contributed by atoms with Gasteiger partial charge in [-0.2, -0.15) is 0 Å². The maximum absolute atomic E-state index is 4.11. The molecule has 3 heteroatoms. The molecule has 0 bridgehead atoms. The Hall–Kier alpha value is -2.16. The molecule has 0 amide bonds. The lowest BCUT2D eigenvalue weighted by Gasteiger charge is -2.08. The summed E-state index contributed by atoms with van der Waals surface area (Å²) < 4.78 is 0. The van der Waals surface area contributed by atoms with Crippen LogP contribution in [-0.2, 0) is 6.42 Å². The molecule has 1 radical (unpaired) electrons. The van der Waals surface area contributed by atoms with Crippen LogP contribution in [0.25, 0.3) is 0 Å². The molecule has 0 saturated carbocycles. The monoisotopic (exact) mass is 222 g/mol. The standard InChI is InChI=1S/C14H12N3/c1-10-7-8-13-14(16-17-15-13)12(10)9-11-5-3-2-4-6-11/h2-8H,9H2,1H3. The van der Waals surface area contributed by atoms with E-state index in [-0.39, 0.29) is 0 Å². The lowest BCUT2D eigenvalue weighted by atomic mass is 9.98. The van der Waals surface area contributed by atoms with E-state index in [0.717, 1.165) is 17.8 Å². The third kappa shape index (κ3) is 1.80. The second-order valence-electron chi connectivity index (χ2n) is 4.18. The average Bonchev–Trinajstić information content (AvgIpc) is 2.83. The molecular formula is C14H12N3. The van der Waals surface area contributed by atoms with Gasteiger partial charge in [0.05, 0.1) is 0 Å². The van der Waals surface area contributed by atoms with E-state index in [4.69, 9.17) is 0 Å². The average molecular weight is 222 g/mol. The minimum absolute atomic E-state index is 0.876. The van der Waals surface area contributed by atoms with Crippen molar-refractivity contribution in [3.05, 3.63) is 59.2 Å². The Bertz CT molecular complexity index is 574. The number of hydrogen-bond acceptors (Lipinski definition) is 2. The SMILES string of the molecule is Cc1ccc2c(c1Cc1ccccc1)N=N[N]2. The second-order valence-corrected chi connectivity index (χ2v) is 4.18.